The van der Waals surface area contributed by atoms with Gasteiger partial charge in [-0.1, -0.05) is 24.7 Å². The van der Waals surface area contributed by atoms with Crippen LogP contribution in [0.15, 0.2) is 23.1 Å². The molecule has 7 heteroatoms. The van der Waals surface area contributed by atoms with E-state index in [4.69, 9.17) is 18.0 Å². The lowest BCUT2D eigenvalue weighted by Gasteiger charge is -2.33. The number of hydrogen-bond donors (Lipinski definition) is 2. The highest BCUT2D eigenvalue weighted by Gasteiger charge is 2.33. The van der Waals surface area contributed by atoms with Crippen molar-refractivity contribution in [3.8, 4) is 0 Å². The van der Waals surface area contributed by atoms with E-state index >= 15 is 0 Å². The Kier molecular flexibility index (Phi) is 4.98. The molecule has 1 aliphatic heterocycles. The van der Waals surface area contributed by atoms with Gasteiger partial charge in [-0.15, -0.1) is 0 Å². The zero-order valence-corrected chi connectivity index (χ0v) is 13.6. The van der Waals surface area contributed by atoms with Crippen molar-refractivity contribution in [2.24, 2.45) is 5.73 Å². The predicted octanol–water partition coefficient (Wildman–Crippen LogP) is 1.16. The number of nitrogens with zero attached hydrogens (tertiary/aromatic N) is 1. The van der Waals surface area contributed by atoms with Crippen LogP contribution in [0.4, 0.5) is 0 Å². The number of hydrogen-bond acceptors (Lipinski definition) is 4. The van der Waals surface area contributed by atoms with Crippen molar-refractivity contribution in [2.45, 2.75) is 37.1 Å². The Balaban J connectivity index is 2.39. The fourth-order valence-electron chi connectivity index (χ4n) is 2.68. The van der Waals surface area contributed by atoms with Crippen LogP contribution in [0.2, 0.25) is 0 Å². The molecule has 0 bridgehead atoms. The van der Waals surface area contributed by atoms with Crippen LogP contribution in [-0.2, 0) is 10.0 Å². The molecule has 1 heterocycles. The Morgan fingerprint density at radius 1 is 1.48 bits per heavy atom. The third-order valence-electron chi connectivity index (χ3n) is 3.85. The van der Waals surface area contributed by atoms with Crippen molar-refractivity contribution < 1.29 is 13.5 Å². The van der Waals surface area contributed by atoms with Gasteiger partial charge >= 0.3 is 0 Å². The maximum atomic E-state index is 12.7. The van der Waals surface area contributed by atoms with Crippen molar-refractivity contribution in [3.63, 3.8) is 0 Å². The predicted molar refractivity (Wildman–Crippen MR) is 85.7 cm³/mol. The number of benzene rings is 1. The lowest BCUT2D eigenvalue weighted by atomic mass is 10.1. The van der Waals surface area contributed by atoms with Gasteiger partial charge in [-0.05, 0) is 37.5 Å². The number of aliphatic hydroxyl groups excluding tert-OH is 1. The third kappa shape index (κ3) is 3.26. The minimum absolute atomic E-state index is 0.150. The number of aryl methyl sites for hydroxylation is 1. The quantitative estimate of drug-likeness (QED) is 0.811. The molecule has 1 aliphatic rings. The summed E-state index contributed by atoms with van der Waals surface area (Å²) in [6, 6.07) is 4.43. The number of sulfonamides is 1. The molecule has 116 valence electrons. The molecule has 3 N–H and O–H groups in total. The Labute approximate surface area is 130 Å². The van der Waals surface area contributed by atoms with E-state index in [9.17, 15) is 13.5 Å². The summed E-state index contributed by atoms with van der Waals surface area (Å²) in [5.74, 6) is 0. The summed E-state index contributed by atoms with van der Waals surface area (Å²) < 4.78 is 26.9. The van der Waals surface area contributed by atoms with E-state index in [0.29, 0.717) is 18.5 Å². The number of thiocarbonyl (C=S) groups is 1. The van der Waals surface area contributed by atoms with Crippen LogP contribution in [0.5, 0.6) is 0 Å². The molecular weight excluding hydrogens is 308 g/mol. The molecule has 0 radical (unpaired) electrons. The fraction of sp³-hybridized carbons (Fsp3) is 0.500. The van der Waals surface area contributed by atoms with Gasteiger partial charge in [-0.25, -0.2) is 8.42 Å². The Morgan fingerprint density at radius 2 is 2.19 bits per heavy atom. The second kappa shape index (κ2) is 6.39. The van der Waals surface area contributed by atoms with Crippen molar-refractivity contribution in [3.05, 3.63) is 29.3 Å². The summed E-state index contributed by atoms with van der Waals surface area (Å²) >= 11 is 4.93. The molecule has 0 saturated carbocycles. The first-order valence-corrected chi connectivity index (χ1v) is 8.76. The van der Waals surface area contributed by atoms with Gasteiger partial charge in [-0.2, -0.15) is 4.31 Å². The first-order valence-electron chi connectivity index (χ1n) is 6.91. The number of aliphatic hydroxyl groups is 1. The van der Waals surface area contributed by atoms with E-state index in [1.165, 1.54) is 10.4 Å². The van der Waals surface area contributed by atoms with Crippen LogP contribution >= 0.6 is 12.2 Å². The van der Waals surface area contributed by atoms with Crippen molar-refractivity contribution in [1.82, 2.24) is 4.31 Å². The highest BCUT2D eigenvalue weighted by atomic mass is 32.2. The Morgan fingerprint density at radius 3 is 2.76 bits per heavy atom. The van der Waals surface area contributed by atoms with Gasteiger partial charge in [0.1, 0.15) is 4.99 Å². The molecule has 1 atom stereocenters. The standard InChI is InChI=1S/C14H20N2O3S2/c1-10-8-12(5-6-13(10)14(15)20)21(18,19)16-7-3-2-4-11(16)9-17/h5-6,8,11,17H,2-4,7,9H2,1H3,(H2,15,20). The zero-order valence-electron chi connectivity index (χ0n) is 11.9. The van der Waals surface area contributed by atoms with Crippen LogP contribution in [0.1, 0.15) is 30.4 Å². The third-order valence-corrected chi connectivity index (χ3v) is 6.02. The average molecular weight is 328 g/mol. The maximum absolute atomic E-state index is 12.7. The van der Waals surface area contributed by atoms with E-state index in [-0.39, 0.29) is 22.5 Å². The van der Waals surface area contributed by atoms with E-state index in [0.717, 1.165) is 18.4 Å². The van der Waals surface area contributed by atoms with E-state index < -0.39 is 10.0 Å². The maximum Gasteiger partial charge on any atom is 0.243 e. The summed E-state index contributed by atoms with van der Waals surface area (Å²) in [4.78, 5) is 0.475. The molecule has 1 aromatic rings. The molecule has 0 aromatic heterocycles. The highest BCUT2D eigenvalue weighted by molar-refractivity contribution is 7.89. The van der Waals surface area contributed by atoms with E-state index in [1.54, 1.807) is 19.1 Å². The van der Waals surface area contributed by atoms with E-state index in [2.05, 4.69) is 0 Å². The molecule has 2 rings (SSSR count). The minimum atomic E-state index is -3.60. The molecule has 0 amide bonds. The van der Waals surface area contributed by atoms with Crippen LogP contribution in [0, 0.1) is 6.92 Å². The molecule has 1 saturated heterocycles. The van der Waals surface area contributed by atoms with Crippen LogP contribution in [-0.4, -0.2) is 42.0 Å². The van der Waals surface area contributed by atoms with Gasteiger partial charge in [-0.3, -0.25) is 0 Å². The van der Waals surface area contributed by atoms with E-state index in [1.807, 2.05) is 0 Å². The van der Waals surface area contributed by atoms with Gasteiger partial charge in [0.25, 0.3) is 0 Å². The van der Waals surface area contributed by atoms with Crippen molar-refractivity contribution >= 4 is 27.2 Å². The van der Waals surface area contributed by atoms with Gasteiger partial charge < -0.3 is 10.8 Å². The van der Waals surface area contributed by atoms with Crippen LogP contribution < -0.4 is 5.73 Å². The largest absolute Gasteiger partial charge is 0.395 e. The Bertz CT molecular complexity index is 644. The van der Waals surface area contributed by atoms with Gasteiger partial charge in [0.15, 0.2) is 0 Å². The van der Waals surface area contributed by atoms with Crippen LogP contribution in [0.25, 0.3) is 0 Å². The first kappa shape index (κ1) is 16.4. The minimum Gasteiger partial charge on any atom is -0.395 e. The highest BCUT2D eigenvalue weighted by Crippen LogP contribution is 2.26. The van der Waals surface area contributed by atoms with Crippen molar-refractivity contribution in [1.29, 1.82) is 0 Å². The second-order valence-corrected chi connectivity index (χ2v) is 7.62. The van der Waals surface area contributed by atoms with Crippen molar-refractivity contribution in [2.75, 3.05) is 13.2 Å². The number of nitrogens with two attached hydrogens (primary N) is 1. The smallest absolute Gasteiger partial charge is 0.243 e. The monoisotopic (exact) mass is 328 g/mol. The molecule has 0 spiro atoms. The number of rotatable bonds is 4. The molecule has 21 heavy (non-hydrogen) atoms. The van der Waals surface area contributed by atoms with Gasteiger partial charge in [0.2, 0.25) is 10.0 Å². The Hall–Kier alpha value is -1.02. The molecule has 1 fully saturated rings. The number of piperidine rings is 1. The normalized spacial score (nSPS) is 20.4. The zero-order chi connectivity index (χ0) is 15.6. The summed E-state index contributed by atoms with van der Waals surface area (Å²) in [7, 11) is -3.60. The summed E-state index contributed by atoms with van der Waals surface area (Å²) in [6.45, 7) is 2.08. The topological polar surface area (TPSA) is 83.6 Å². The molecule has 0 aliphatic carbocycles. The summed E-state index contributed by atoms with van der Waals surface area (Å²) in [5, 5.41) is 9.40. The molecular formula is C14H20N2O3S2. The summed E-state index contributed by atoms with van der Waals surface area (Å²) in [6.07, 6.45) is 2.45. The average Bonchev–Trinajstić information content (AvgIpc) is 2.46. The molecule has 1 aromatic carbocycles. The second-order valence-electron chi connectivity index (χ2n) is 5.29. The van der Waals surface area contributed by atoms with Crippen LogP contribution in [0.3, 0.4) is 0 Å². The summed E-state index contributed by atoms with van der Waals surface area (Å²) in [5.41, 5.74) is 7.02. The lowest BCUT2D eigenvalue weighted by Crippen LogP contribution is -2.45. The van der Waals surface area contributed by atoms with Gasteiger partial charge in [0.05, 0.1) is 11.5 Å². The first-order chi connectivity index (χ1) is 9.87. The lowest BCUT2D eigenvalue weighted by molar-refractivity contribution is 0.155. The molecule has 5 nitrogen and oxygen atoms in total. The van der Waals surface area contributed by atoms with Gasteiger partial charge in [0, 0.05) is 18.2 Å². The molecule has 1 unspecified atom stereocenters. The fourth-order valence-corrected chi connectivity index (χ4v) is 4.68. The SMILES string of the molecule is Cc1cc(S(=O)(=O)N2CCCCC2CO)ccc1C(N)=S.